The van der Waals surface area contributed by atoms with Crippen LogP contribution < -0.4 is 5.56 Å². The highest BCUT2D eigenvalue weighted by molar-refractivity contribution is 5.69. The van der Waals surface area contributed by atoms with Crippen LogP contribution >= 0.6 is 0 Å². The second kappa shape index (κ2) is 7.13. The predicted molar refractivity (Wildman–Crippen MR) is 97.4 cm³/mol. The normalized spacial score (nSPS) is 18.8. The summed E-state index contributed by atoms with van der Waals surface area (Å²) >= 11 is 0. The van der Waals surface area contributed by atoms with Gasteiger partial charge in [0.1, 0.15) is 6.10 Å². The zero-order valence-corrected chi connectivity index (χ0v) is 14.9. The number of aromatic nitrogens is 1. The van der Waals surface area contributed by atoms with Crippen LogP contribution in [0.2, 0.25) is 0 Å². The van der Waals surface area contributed by atoms with Crippen LogP contribution in [0, 0.1) is 0 Å². The molecule has 1 aromatic heterocycles. The molecule has 2 atom stereocenters. The van der Waals surface area contributed by atoms with Gasteiger partial charge in [0.25, 0.3) is 5.56 Å². The van der Waals surface area contributed by atoms with Crippen molar-refractivity contribution < 1.29 is 9.53 Å². The van der Waals surface area contributed by atoms with E-state index >= 15 is 0 Å². The number of benzene rings is 1. The van der Waals surface area contributed by atoms with Crippen molar-refractivity contribution in [2.24, 2.45) is 7.05 Å². The van der Waals surface area contributed by atoms with Gasteiger partial charge in [-0.15, -0.1) is 0 Å². The van der Waals surface area contributed by atoms with Crippen molar-refractivity contribution in [2.45, 2.75) is 38.8 Å². The highest BCUT2D eigenvalue weighted by Crippen LogP contribution is 2.29. The maximum Gasteiger partial charge on any atom is 0.410 e. The topological polar surface area (TPSA) is 51.5 Å². The summed E-state index contributed by atoms with van der Waals surface area (Å²) in [7, 11) is 1.74. The minimum atomic E-state index is -0.235. The Morgan fingerprint density at radius 3 is 2.48 bits per heavy atom. The second-order valence-electron chi connectivity index (χ2n) is 6.59. The average molecular weight is 340 g/mol. The first-order valence-corrected chi connectivity index (χ1v) is 8.74. The lowest BCUT2D eigenvalue weighted by atomic mass is 9.98. The van der Waals surface area contributed by atoms with Crippen LogP contribution in [-0.4, -0.2) is 28.2 Å². The molecule has 0 spiro atoms. The number of amides is 1. The molecule has 0 bridgehead atoms. The molecule has 5 nitrogen and oxygen atoms in total. The second-order valence-corrected chi connectivity index (χ2v) is 6.59. The highest BCUT2D eigenvalue weighted by atomic mass is 16.6. The van der Waals surface area contributed by atoms with E-state index < -0.39 is 0 Å². The Bertz CT molecular complexity index is 810. The van der Waals surface area contributed by atoms with Gasteiger partial charge in [0.05, 0.1) is 6.04 Å². The number of ether oxygens (including phenoxy) is 1. The maximum atomic E-state index is 12.2. The number of hydrogen-bond donors (Lipinski definition) is 0. The molecule has 2 unspecified atom stereocenters. The molecule has 1 fully saturated rings. The number of aryl methyl sites for hydroxylation is 1. The van der Waals surface area contributed by atoms with Gasteiger partial charge in [0.15, 0.2) is 0 Å². The summed E-state index contributed by atoms with van der Waals surface area (Å²) in [6.45, 7) is 4.72. The first-order valence-electron chi connectivity index (χ1n) is 8.74. The molecule has 0 radical (unpaired) electrons. The molecule has 5 heteroatoms. The van der Waals surface area contributed by atoms with Crippen molar-refractivity contribution >= 4 is 6.09 Å². The van der Waals surface area contributed by atoms with Crippen molar-refractivity contribution in [1.82, 2.24) is 9.47 Å². The van der Waals surface area contributed by atoms with Crippen LogP contribution in [0.1, 0.15) is 38.3 Å². The van der Waals surface area contributed by atoms with E-state index in [9.17, 15) is 9.59 Å². The number of pyridine rings is 1. The number of hydrogen-bond acceptors (Lipinski definition) is 3. The van der Waals surface area contributed by atoms with E-state index in [1.165, 1.54) is 0 Å². The molecule has 2 heterocycles. The van der Waals surface area contributed by atoms with Gasteiger partial charge in [-0.1, -0.05) is 31.2 Å². The molecule has 0 aliphatic carbocycles. The maximum absolute atomic E-state index is 12.2. The molecule has 1 aliphatic rings. The summed E-state index contributed by atoms with van der Waals surface area (Å²) in [6.07, 6.45) is 3.21. The third-order valence-electron chi connectivity index (χ3n) is 4.81. The minimum absolute atomic E-state index is 0.00988. The number of carbonyl (C=O) groups excluding carboxylic acids is 1. The van der Waals surface area contributed by atoms with Crippen LogP contribution in [0.15, 0.2) is 47.4 Å². The van der Waals surface area contributed by atoms with Gasteiger partial charge in [0, 0.05) is 32.3 Å². The van der Waals surface area contributed by atoms with Crippen LogP contribution in [-0.2, 0) is 11.8 Å². The summed E-state index contributed by atoms with van der Waals surface area (Å²) in [6, 6.07) is 11.7. The molecule has 1 saturated heterocycles. The summed E-state index contributed by atoms with van der Waals surface area (Å²) in [5.41, 5.74) is 2.94. The molecule has 0 N–H and O–H groups in total. The zero-order valence-electron chi connectivity index (χ0n) is 14.9. The van der Waals surface area contributed by atoms with E-state index in [1.54, 1.807) is 23.9 Å². The monoisotopic (exact) mass is 340 g/mol. The summed E-state index contributed by atoms with van der Waals surface area (Å²) in [5, 5.41) is 0. The Labute approximate surface area is 147 Å². The van der Waals surface area contributed by atoms with Crippen molar-refractivity contribution in [2.75, 3.05) is 6.54 Å². The van der Waals surface area contributed by atoms with Gasteiger partial charge in [-0.25, -0.2) is 4.79 Å². The lowest BCUT2D eigenvalue weighted by Crippen LogP contribution is -2.43. The molecule has 0 saturated carbocycles. The first kappa shape index (κ1) is 17.3. The Morgan fingerprint density at radius 2 is 1.88 bits per heavy atom. The fraction of sp³-hybridized carbons (Fsp3) is 0.400. The SMILES string of the molecule is CCC(c1ccc(-c2ccn(C)c(=O)c2)cc1)N1CCC(C)OC1=O. The summed E-state index contributed by atoms with van der Waals surface area (Å²) in [5.74, 6) is 0. The van der Waals surface area contributed by atoms with E-state index in [0.29, 0.717) is 0 Å². The van der Waals surface area contributed by atoms with Gasteiger partial charge in [-0.2, -0.15) is 0 Å². The van der Waals surface area contributed by atoms with Crippen molar-refractivity contribution in [1.29, 1.82) is 0 Å². The largest absolute Gasteiger partial charge is 0.446 e. The molecule has 1 amide bonds. The predicted octanol–water partition coefficient (Wildman–Crippen LogP) is 3.73. The fourth-order valence-corrected chi connectivity index (χ4v) is 3.26. The van der Waals surface area contributed by atoms with Gasteiger partial charge < -0.3 is 14.2 Å². The van der Waals surface area contributed by atoms with Gasteiger partial charge in [-0.05, 0) is 36.1 Å². The molecule has 25 heavy (non-hydrogen) atoms. The van der Waals surface area contributed by atoms with E-state index in [-0.39, 0.29) is 23.8 Å². The lowest BCUT2D eigenvalue weighted by molar-refractivity contribution is 0.0176. The Hall–Kier alpha value is -2.56. The minimum Gasteiger partial charge on any atom is -0.446 e. The highest BCUT2D eigenvalue weighted by Gasteiger charge is 2.30. The molecule has 1 aliphatic heterocycles. The van der Waals surface area contributed by atoms with Crippen LogP contribution in [0.25, 0.3) is 11.1 Å². The van der Waals surface area contributed by atoms with Gasteiger partial charge in [0.2, 0.25) is 0 Å². The first-order chi connectivity index (χ1) is 12.0. The lowest BCUT2D eigenvalue weighted by Gasteiger charge is -2.36. The van der Waals surface area contributed by atoms with E-state index in [0.717, 1.165) is 36.1 Å². The third kappa shape index (κ3) is 3.60. The number of rotatable bonds is 4. The molecule has 3 rings (SSSR count). The van der Waals surface area contributed by atoms with Crippen LogP contribution in [0.4, 0.5) is 4.79 Å². The van der Waals surface area contributed by atoms with E-state index in [4.69, 9.17) is 4.74 Å². The standard InChI is InChI=1S/C20H24N2O3/c1-4-18(22-12-9-14(2)25-20(22)24)16-7-5-15(6-8-16)17-10-11-21(3)19(23)13-17/h5-8,10-11,13-14,18H,4,9,12H2,1-3H3. The quantitative estimate of drug-likeness (QED) is 0.852. The smallest absolute Gasteiger partial charge is 0.410 e. The molecule has 132 valence electrons. The molecular formula is C20H24N2O3. The van der Waals surface area contributed by atoms with Crippen molar-refractivity contribution in [3.05, 3.63) is 58.5 Å². The van der Waals surface area contributed by atoms with Crippen molar-refractivity contribution in [3.63, 3.8) is 0 Å². The molecule has 1 aromatic carbocycles. The van der Waals surface area contributed by atoms with Crippen molar-refractivity contribution in [3.8, 4) is 11.1 Å². The average Bonchev–Trinajstić information content (AvgIpc) is 2.60. The van der Waals surface area contributed by atoms with Crippen LogP contribution in [0.5, 0.6) is 0 Å². The Morgan fingerprint density at radius 1 is 1.16 bits per heavy atom. The number of nitrogens with zero attached hydrogens (tertiary/aromatic N) is 2. The van der Waals surface area contributed by atoms with E-state index in [1.807, 2.05) is 42.2 Å². The van der Waals surface area contributed by atoms with Gasteiger partial charge >= 0.3 is 6.09 Å². The fourth-order valence-electron chi connectivity index (χ4n) is 3.26. The van der Waals surface area contributed by atoms with E-state index in [2.05, 4.69) is 6.92 Å². The molecule has 2 aromatic rings. The third-order valence-corrected chi connectivity index (χ3v) is 4.81. The Kier molecular flexibility index (Phi) is 4.93. The van der Waals surface area contributed by atoms with Crippen LogP contribution in [0.3, 0.4) is 0 Å². The summed E-state index contributed by atoms with van der Waals surface area (Å²) in [4.78, 5) is 25.8. The summed E-state index contributed by atoms with van der Waals surface area (Å²) < 4.78 is 6.92. The zero-order chi connectivity index (χ0) is 18.0. The van der Waals surface area contributed by atoms with Gasteiger partial charge in [-0.3, -0.25) is 4.79 Å². The Balaban J connectivity index is 1.84. The number of carbonyl (C=O) groups is 1. The molecular weight excluding hydrogens is 316 g/mol. The number of cyclic esters (lactones) is 1.